The molecule has 2 rings (SSSR count). The van der Waals surface area contributed by atoms with Gasteiger partial charge in [-0.15, -0.1) is 0 Å². The van der Waals surface area contributed by atoms with Crippen LogP contribution >= 0.6 is 0 Å². The number of carbonyl (C=O) groups excluding carboxylic acids is 1. The van der Waals surface area contributed by atoms with Gasteiger partial charge in [-0.1, -0.05) is 12.1 Å². The van der Waals surface area contributed by atoms with Gasteiger partial charge in [-0.3, -0.25) is 4.79 Å². The molecule has 1 fully saturated rings. The first-order valence-electron chi connectivity index (χ1n) is 4.68. The lowest BCUT2D eigenvalue weighted by atomic mass is 10.2. The van der Waals surface area contributed by atoms with Crippen LogP contribution in [0, 0.1) is 5.92 Å². The molecule has 1 saturated carbocycles. The maximum absolute atomic E-state index is 12.5. The van der Waals surface area contributed by atoms with Gasteiger partial charge in [0.2, 0.25) is 0 Å². The number of alkyl halides is 2. The van der Waals surface area contributed by atoms with Crippen LogP contribution in [0.1, 0.15) is 16.8 Å². The predicted octanol–water partition coefficient (Wildman–Crippen LogP) is 2.53. The Balaban J connectivity index is 1.91. The van der Waals surface area contributed by atoms with Crippen LogP contribution in [0.5, 0.6) is 5.75 Å². The van der Waals surface area contributed by atoms with Gasteiger partial charge in [0.15, 0.2) is 0 Å². The molecular formula is C11H10F2O2. The molecule has 0 bridgehead atoms. The molecule has 0 N–H and O–H groups in total. The zero-order chi connectivity index (χ0) is 10.9. The Hall–Kier alpha value is -1.45. The van der Waals surface area contributed by atoms with Gasteiger partial charge in [0, 0.05) is 12.0 Å². The van der Waals surface area contributed by atoms with Gasteiger partial charge in [-0.25, -0.2) is 8.78 Å². The van der Waals surface area contributed by atoms with Crippen molar-refractivity contribution in [2.45, 2.75) is 12.3 Å². The van der Waals surface area contributed by atoms with Crippen LogP contribution in [0.3, 0.4) is 0 Å². The fourth-order valence-corrected chi connectivity index (χ4v) is 1.32. The molecule has 80 valence electrons. The normalized spacial score (nSPS) is 22.1. The quantitative estimate of drug-likeness (QED) is 0.717. The first kappa shape index (κ1) is 10.1. The van der Waals surface area contributed by atoms with Gasteiger partial charge in [0.05, 0.1) is 12.5 Å². The second-order valence-corrected chi connectivity index (χ2v) is 3.66. The second-order valence-electron chi connectivity index (χ2n) is 3.66. The summed E-state index contributed by atoms with van der Waals surface area (Å²) >= 11 is 0. The van der Waals surface area contributed by atoms with Crippen molar-refractivity contribution < 1.29 is 18.3 Å². The van der Waals surface area contributed by atoms with Gasteiger partial charge >= 0.3 is 0 Å². The number of rotatable bonds is 4. The average molecular weight is 212 g/mol. The maximum atomic E-state index is 12.5. The molecule has 0 radical (unpaired) electrons. The molecule has 4 heteroatoms. The molecule has 1 aromatic rings. The third kappa shape index (κ3) is 2.32. The van der Waals surface area contributed by atoms with Gasteiger partial charge < -0.3 is 4.74 Å². The minimum Gasteiger partial charge on any atom is -0.493 e. The van der Waals surface area contributed by atoms with Crippen molar-refractivity contribution in [2.75, 3.05) is 6.61 Å². The Bertz CT molecular complexity index is 377. The maximum Gasteiger partial charge on any atom is 0.255 e. The number of ether oxygens (including phenoxy) is 1. The lowest BCUT2D eigenvalue weighted by Gasteiger charge is -2.05. The van der Waals surface area contributed by atoms with E-state index < -0.39 is 11.8 Å². The van der Waals surface area contributed by atoms with Gasteiger partial charge in [0.1, 0.15) is 12.0 Å². The molecule has 1 atom stereocenters. The van der Waals surface area contributed by atoms with Crippen molar-refractivity contribution in [3.63, 3.8) is 0 Å². The largest absolute Gasteiger partial charge is 0.493 e. The van der Waals surface area contributed by atoms with Gasteiger partial charge in [-0.05, 0) is 12.1 Å². The monoisotopic (exact) mass is 212 g/mol. The van der Waals surface area contributed by atoms with Crippen molar-refractivity contribution in [1.29, 1.82) is 0 Å². The third-order valence-electron chi connectivity index (χ3n) is 2.40. The minimum absolute atomic E-state index is 0.00924. The molecule has 0 aliphatic heterocycles. The number of halogens is 2. The summed E-state index contributed by atoms with van der Waals surface area (Å²) in [6, 6.07) is 6.47. The summed E-state index contributed by atoms with van der Waals surface area (Å²) in [6.07, 6.45) is 0.596. The number of hydrogen-bond donors (Lipinski definition) is 0. The van der Waals surface area contributed by atoms with Crippen LogP contribution in [-0.2, 0) is 0 Å². The number of carbonyl (C=O) groups is 1. The van der Waals surface area contributed by atoms with Crippen LogP contribution in [-0.4, -0.2) is 18.8 Å². The SMILES string of the molecule is O=Cc1cccc(OC[C@H]2CC2(F)F)c1. The van der Waals surface area contributed by atoms with E-state index in [1.54, 1.807) is 18.2 Å². The highest BCUT2D eigenvalue weighted by molar-refractivity contribution is 5.75. The first-order valence-corrected chi connectivity index (χ1v) is 4.68. The Morgan fingerprint density at radius 1 is 1.53 bits per heavy atom. The molecule has 0 aromatic heterocycles. The molecule has 0 saturated heterocycles. The lowest BCUT2D eigenvalue weighted by Crippen LogP contribution is -2.05. The van der Waals surface area contributed by atoms with E-state index in [0.29, 0.717) is 17.6 Å². The summed E-state index contributed by atoms with van der Waals surface area (Å²) in [5, 5.41) is 0. The Morgan fingerprint density at radius 3 is 2.87 bits per heavy atom. The summed E-state index contributed by atoms with van der Waals surface area (Å²) in [5.41, 5.74) is 0.482. The summed E-state index contributed by atoms with van der Waals surface area (Å²) in [4.78, 5) is 10.4. The van der Waals surface area contributed by atoms with Crippen LogP contribution < -0.4 is 4.74 Å². The fraction of sp³-hybridized carbons (Fsp3) is 0.364. The van der Waals surface area contributed by atoms with E-state index in [1.807, 2.05) is 0 Å². The van der Waals surface area contributed by atoms with Crippen molar-refractivity contribution in [3.8, 4) is 5.75 Å². The molecule has 0 spiro atoms. The number of aldehydes is 1. The molecule has 15 heavy (non-hydrogen) atoms. The standard InChI is InChI=1S/C11H10F2O2/c12-11(13)5-9(11)7-15-10-3-1-2-8(4-10)6-14/h1-4,6,9H,5,7H2/t9-/m1/s1. The lowest BCUT2D eigenvalue weighted by molar-refractivity contribution is 0.0855. The van der Waals surface area contributed by atoms with Crippen molar-refractivity contribution in [3.05, 3.63) is 29.8 Å². The first-order chi connectivity index (χ1) is 7.12. The average Bonchev–Trinajstić information content (AvgIpc) is 2.84. The summed E-state index contributed by atoms with van der Waals surface area (Å²) < 4.78 is 30.2. The fourth-order valence-electron chi connectivity index (χ4n) is 1.32. The third-order valence-corrected chi connectivity index (χ3v) is 2.40. The topological polar surface area (TPSA) is 26.3 Å². The van der Waals surface area contributed by atoms with Crippen LogP contribution in [0.15, 0.2) is 24.3 Å². The number of benzene rings is 1. The van der Waals surface area contributed by atoms with Crippen molar-refractivity contribution >= 4 is 6.29 Å². The van der Waals surface area contributed by atoms with E-state index in [1.165, 1.54) is 6.07 Å². The zero-order valence-corrected chi connectivity index (χ0v) is 7.95. The van der Waals surface area contributed by atoms with Gasteiger partial charge in [-0.2, -0.15) is 0 Å². The predicted molar refractivity (Wildman–Crippen MR) is 50.4 cm³/mol. The van der Waals surface area contributed by atoms with E-state index in [2.05, 4.69) is 0 Å². The minimum atomic E-state index is -2.55. The molecule has 0 amide bonds. The van der Waals surface area contributed by atoms with E-state index in [4.69, 9.17) is 4.74 Å². The van der Waals surface area contributed by atoms with Crippen LogP contribution in [0.2, 0.25) is 0 Å². The van der Waals surface area contributed by atoms with Crippen molar-refractivity contribution in [1.82, 2.24) is 0 Å². The molecule has 1 aromatic carbocycles. The summed E-state index contributed by atoms with van der Waals surface area (Å²) in [7, 11) is 0. The molecule has 0 unspecified atom stereocenters. The van der Waals surface area contributed by atoms with Crippen LogP contribution in [0.4, 0.5) is 8.78 Å². The Morgan fingerprint density at radius 2 is 2.27 bits per heavy atom. The highest BCUT2D eigenvalue weighted by atomic mass is 19.3. The van der Waals surface area contributed by atoms with Gasteiger partial charge in [0.25, 0.3) is 5.92 Å². The van der Waals surface area contributed by atoms with E-state index in [0.717, 1.165) is 0 Å². The summed E-state index contributed by atoms with van der Waals surface area (Å²) in [6.45, 7) is 0.00924. The molecule has 1 aliphatic carbocycles. The van der Waals surface area contributed by atoms with Crippen molar-refractivity contribution in [2.24, 2.45) is 5.92 Å². The highest BCUT2D eigenvalue weighted by Gasteiger charge is 2.57. The number of hydrogen-bond acceptors (Lipinski definition) is 2. The second kappa shape index (κ2) is 3.61. The van der Waals surface area contributed by atoms with Crippen LogP contribution in [0.25, 0.3) is 0 Å². The smallest absolute Gasteiger partial charge is 0.255 e. The zero-order valence-electron chi connectivity index (χ0n) is 7.95. The summed E-state index contributed by atoms with van der Waals surface area (Å²) in [5.74, 6) is -2.76. The Labute approximate surface area is 85.9 Å². The highest BCUT2D eigenvalue weighted by Crippen LogP contribution is 2.48. The molecule has 1 aliphatic rings. The Kier molecular flexibility index (Phi) is 2.42. The van der Waals surface area contributed by atoms with E-state index in [9.17, 15) is 13.6 Å². The van der Waals surface area contributed by atoms with E-state index in [-0.39, 0.29) is 13.0 Å². The molecular weight excluding hydrogens is 202 g/mol. The molecule has 2 nitrogen and oxygen atoms in total. The molecule has 0 heterocycles. The van der Waals surface area contributed by atoms with E-state index >= 15 is 0 Å².